The molecular weight excluding hydrogens is 380 g/mol. The highest BCUT2D eigenvalue weighted by molar-refractivity contribution is 9.10. The zero-order valence-electron chi connectivity index (χ0n) is 12.4. The number of aromatic nitrogens is 3. The number of nitriles is 1. The molecule has 0 radical (unpaired) electrons. The van der Waals surface area contributed by atoms with Gasteiger partial charge in [0, 0.05) is 23.6 Å². The third-order valence-corrected chi connectivity index (χ3v) is 4.71. The monoisotopic (exact) mass is 394 g/mol. The first kappa shape index (κ1) is 17.3. The molecule has 1 amide bonds. The molecule has 0 aliphatic heterocycles. The summed E-state index contributed by atoms with van der Waals surface area (Å²) in [6.07, 6.45) is 0.312. The summed E-state index contributed by atoms with van der Waals surface area (Å²) >= 11 is 4.66. The van der Waals surface area contributed by atoms with Crippen molar-refractivity contribution in [2.75, 3.05) is 25.2 Å². The Hall–Kier alpha value is -2.05. The Morgan fingerprint density at radius 3 is 2.91 bits per heavy atom. The van der Waals surface area contributed by atoms with E-state index >= 15 is 0 Å². The van der Waals surface area contributed by atoms with Crippen molar-refractivity contribution >= 4 is 33.6 Å². The third kappa shape index (κ3) is 4.24. The smallest absolute Gasteiger partial charge is 0.232 e. The number of amides is 1. The van der Waals surface area contributed by atoms with Crippen molar-refractivity contribution in [2.45, 2.75) is 11.6 Å². The number of nitrogens with two attached hydrogens (primary N) is 1. The van der Waals surface area contributed by atoms with Crippen LogP contribution in [0.15, 0.2) is 33.9 Å². The largest absolute Gasteiger partial charge is 0.344 e. The molecule has 0 aliphatic carbocycles. The topological polar surface area (TPSA) is 101 Å². The van der Waals surface area contributed by atoms with E-state index in [-0.39, 0.29) is 11.7 Å². The minimum absolute atomic E-state index is 0.0873. The number of hydrogen-bond donors (Lipinski definition) is 1. The van der Waals surface area contributed by atoms with Gasteiger partial charge in [0.15, 0.2) is 5.82 Å². The zero-order valence-corrected chi connectivity index (χ0v) is 14.8. The number of thioether (sulfide) groups is 1. The van der Waals surface area contributed by atoms with Crippen molar-refractivity contribution in [3.63, 3.8) is 0 Å². The molecular formula is C14H15BrN6OS. The fraction of sp³-hybridized carbons (Fsp3) is 0.286. The first-order valence-corrected chi connectivity index (χ1v) is 8.51. The van der Waals surface area contributed by atoms with Gasteiger partial charge in [-0.2, -0.15) is 5.26 Å². The molecule has 0 unspecified atom stereocenters. The van der Waals surface area contributed by atoms with Crippen molar-refractivity contribution in [3.8, 4) is 17.5 Å². The fourth-order valence-corrected chi connectivity index (χ4v) is 3.04. The number of nitrogen functional groups attached to an aromatic ring is 1. The Morgan fingerprint density at radius 2 is 2.22 bits per heavy atom. The van der Waals surface area contributed by atoms with Crippen LogP contribution in [0.3, 0.4) is 0 Å². The van der Waals surface area contributed by atoms with Gasteiger partial charge in [-0.05, 0) is 12.1 Å². The summed E-state index contributed by atoms with van der Waals surface area (Å²) in [5.41, 5.74) is 0.826. The molecule has 0 atom stereocenters. The number of carbonyl (C=O) groups is 1. The molecule has 0 fully saturated rings. The van der Waals surface area contributed by atoms with E-state index in [4.69, 9.17) is 11.1 Å². The van der Waals surface area contributed by atoms with Crippen LogP contribution in [0.1, 0.15) is 6.42 Å². The predicted molar refractivity (Wildman–Crippen MR) is 91.9 cm³/mol. The van der Waals surface area contributed by atoms with E-state index in [1.165, 1.54) is 21.3 Å². The summed E-state index contributed by atoms with van der Waals surface area (Å²) in [6, 6.07) is 9.57. The molecule has 0 bridgehead atoms. The molecule has 2 rings (SSSR count). The molecule has 0 saturated heterocycles. The Morgan fingerprint density at radius 1 is 1.48 bits per heavy atom. The Kier molecular flexibility index (Phi) is 6.01. The molecule has 1 heterocycles. The number of carbonyl (C=O) groups excluding carboxylic acids is 1. The molecule has 9 heteroatoms. The normalized spacial score (nSPS) is 10.3. The van der Waals surface area contributed by atoms with E-state index in [1.54, 1.807) is 7.05 Å². The predicted octanol–water partition coefficient (Wildman–Crippen LogP) is 1.89. The van der Waals surface area contributed by atoms with Crippen LogP contribution < -0.4 is 5.84 Å². The van der Waals surface area contributed by atoms with E-state index in [1.807, 2.05) is 30.3 Å². The van der Waals surface area contributed by atoms with Gasteiger partial charge in [-0.3, -0.25) is 4.79 Å². The maximum atomic E-state index is 12.0. The summed E-state index contributed by atoms with van der Waals surface area (Å²) in [6.45, 7) is 0.410. The number of benzene rings is 1. The van der Waals surface area contributed by atoms with Crippen LogP contribution in [-0.2, 0) is 4.79 Å². The van der Waals surface area contributed by atoms with Crippen molar-refractivity contribution in [2.24, 2.45) is 0 Å². The summed E-state index contributed by atoms with van der Waals surface area (Å²) in [5.74, 6) is 6.65. The second-order valence-electron chi connectivity index (χ2n) is 4.67. The average molecular weight is 395 g/mol. The summed E-state index contributed by atoms with van der Waals surface area (Å²) in [7, 11) is 1.67. The van der Waals surface area contributed by atoms with Crippen LogP contribution in [0, 0.1) is 11.3 Å². The van der Waals surface area contributed by atoms with Gasteiger partial charge < -0.3 is 10.7 Å². The second-order valence-corrected chi connectivity index (χ2v) is 6.46. The molecule has 1 aromatic carbocycles. The standard InChI is InChI=1S/C14H15BrN6OS/c1-20(8-4-7-16)12(22)9-23-14-19-18-13(21(14)17)10-5-2-3-6-11(10)15/h2-3,5-6H,4,8-9,17H2,1H3. The number of hydrogen-bond acceptors (Lipinski definition) is 6. The highest BCUT2D eigenvalue weighted by atomic mass is 79.9. The van der Waals surface area contributed by atoms with Crippen LogP contribution in [-0.4, -0.2) is 45.0 Å². The maximum absolute atomic E-state index is 12.0. The molecule has 120 valence electrons. The first-order valence-electron chi connectivity index (χ1n) is 6.73. The van der Waals surface area contributed by atoms with Crippen LogP contribution in [0.2, 0.25) is 0 Å². The van der Waals surface area contributed by atoms with Crippen molar-refractivity contribution < 1.29 is 4.79 Å². The lowest BCUT2D eigenvalue weighted by Crippen LogP contribution is -2.29. The Labute approximate surface area is 146 Å². The minimum Gasteiger partial charge on any atom is -0.344 e. The number of rotatable bonds is 6. The average Bonchev–Trinajstić information content (AvgIpc) is 2.91. The van der Waals surface area contributed by atoms with Gasteiger partial charge in [-0.25, -0.2) is 4.68 Å². The SMILES string of the molecule is CN(CCC#N)C(=O)CSc1nnc(-c2ccccc2Br)n1N. The van der Waals surface area contributed by atoms with Crippen LogP contribution >= 0.6 is 27.7 Å². The minimum atomic E-state index is -0.0873. The molecule has 2 aromatic rings. The summed E-state index contributed by atoms with van der Waals surface area (Å²) in [5, 5.41) is 17.1. The molecule has 0 spiro atoms. The van der Waals surface area contributed by atoms with Gasteiger partial charge in [-0.15, -0.1) is 10.2 Å². The van der Waals surface area contributed by atoms with Crippen molar-refractivity contribution in [1.82, 2.24) is 19.8 Å². The van der Waals surface area contributed by atoms with Crippen LogP contribution in [0.5, 0.6) is 0 Å². The van der Waals surface area contributed by atoms with E-state index in [2.05, 4.69) is 26.1 Å². The summed E-state index contributed by atoms with van der Waals surface area (Å²) < 4.78 is 2.23. The maximum Gasteiger partial charge on any atom is 0.232 e. The summed E-state index contributed by atoms with van der Waals surface area (Å²) in [4.78, 5) is 13.5. The molecule has 0 saturated carbocycles. The lowest BCUT2D eigenvalue weighted by molar-refractivity contribution is -0.127. The van der Waals surface area contributed by atoms with Gasteiger partial charge in [-0.1, -0.05) is 39.8 Å². The molecule has 2 N–H and O–H groups in total. The van der Waals surface area contributed by atoms with Crippen molar-refractivity contribution in [3.05, 3.63) is 28.7 Å². The number of halogens is 1. The molecule has 7 nitrogen and oxygen atoms in total. The zero-order chi connectivity index (χ0) is 16.8. The molecule has 23 heavy (non-hydrogen) atoms. The van der Waals surface area contributed by atoms with Crippen LogP contribution in [0.4, 0.5) is 0 Å². The van der Waals surface area contributed by atoms with Gasteiger partial charge in [0.2, 0.25) is 11.1 Å². The third-order valence-electron chi connectivity index (χ3n) is 3.09. The van der Waals surface area contributed by atoms with E-state index in [0.717, 1.165) is 10.0 Å². The highest BCUT2D eigenvalue weighted by Crippen LogP contribution is 2.27. The lowest BCUT2D eigenvalue weighted by atomic mass is 10.2. The first-order chi connectivity index (χ1) is 11.0. The van der Waals surface area contributed by atoms with E-state index in [9.17, 15) is 4.79 Å². The van der Waals surface area contributed by atoms with Gasteiger partial charge >= 0.3 is 0 Å². The Balaban J connectivity index is 2.05. The number of nitrogens with zero attached hydrogens (tertiary/aromatic N) is 5. The fourth-order valence-electron chi connectivity index (χ4n) is 1.78. The van der Waals surface area contributed by atoms with E-state index < -0.39 is 0 Å². The molecule has 0 aliphatic rings. The van der Waals surface area contributed by atoms with Gasteiger partial charge in [0.05, 0.1) is 18.2 Å². The quantitative estimate of drug-likeness (QED) is 0.592. The van der Waals surface area contributed by atoms with Gasteiger partial charge in [0.25, 0.3) is 0 Å². The van der Waals surface area contributed by atoms with E-state index in [0.29, 0.717) is 23.9 Å². The second kappa shape index (κ2) is 7.99. The molecule has 1 aromatic heterocycles. The highest BCUT2D eigenvalue weighted by Gasteiger charge is 2.16. The Bertz CT molecular complexity index is 741. The van der Waals surface area contributed by atoms with Gasteiger partial charge in [0.1, 0.15) is 0 Å². The van der Waals surface area contributed by atoms with Crippen molar-refractivity contribution in [1.29, 1.82) is 5.26 Å². The lowest BCUT2D eigenvalue weighted by Gasteiger charge is -2.14. The van der Waals surface area contributed by atoms with Crippen LogP contribution in [0.25, 0.3) is 11.4 Å².